The third-order valence-corrected chi connectivity index (χ3v) is 16.4. The van der Waals surface area contributed by atoms with Gasteiger partial charge < -0.3 is 21.4 Å². The zero-order chi connectivity index (χ0) is 62.2. The molecule has 11 aromatic carbocycles. The van der Waals surface area contributed by atoms with Crippen LogP contribution in [-0.2, 0) is 56.2 Å². The molecule has 472 valence electrons. The van der Waals surface area contributed by atoms with Gasteiger partial charge in [0, 0.05) is 41.5 Å². The van der Waals surface area contributed by atoms with Gasteiger partial charge >= 0.3 is 0 Å². The lowest BCUT2D eigenvalue weighted by Crippen LogP contribution is -2.04. The topological polar surface area (TPSA) is 210 Å². The zero-order valence-electron chi connectivity index (χ0n) is 50.8. The van der Waals surface area contributed by atoms with Crippen molar-refractivity contribution < 1.29 is 28.4 Å². The summed E-state index contributed by atoms with van der Waals surface area (Å²) in [5, 5.41) is 31.0. The molecular formula is C77H87ClI2N4O6. The van der Waals surface area contributed by atoms with Crippen molar-refractivity contribution in [3.63, 3.8) is 0 Å². The number of aryl methyl sites for hydroxylation is 8. The SMILES string of the molecule is C.C.C.CC(=O)O.CCO.Cl.Ic1ccc2c(c1)CCc1ccccc1-2.Ic1ccc2c(ccc3ccccc32)c1.NN.Nc1ccc2c(c1)CCc1ccccc1-2.O.O=[N+]([O-])c1ccc2c(c1)CCc1ccccc1-2.[2H][2H].c1ccc2c(c1)CCc1ccccc1-2. The molecule has 0 saturated carbocycles. The Labute approximate surface area is 568 Å². The summed E-state index contributed by atoms with van der Waals surface area (Å²) in [6.07, 6.45) is 8.83. The molecular weight excluding hydrogens is 1370 g/mol. The van der Waals surface area contributed by atoms with E-state index in [0.29, 0.717) is 0 Å². The molecule has 0 radical (unpaired) electrons. The minimum absolute atomic E-state index is 0. The highest BCUT2D eigenvalue weighted by Gasteiger charge is 2.20. The van der Waals surface area contributed by atoms with Crippen molar-refractivity contribution in [3.8, 4) is 44.5 Å². The summed E-state index contributed by atoms with van der Waals surface area (Å²) in [7, 11) is 0. The normalized spacial score (nSPS) is 11.3. The predicted octanol–water partition coefficient (Wildman–Crippen LogP) is 19.2. The van der Waals surface area contributed by atoms with E-state index >= 15 is 0 Å². The van der Waals surface area contributed by atoms with Crippen molar-refractivity contribution >= 4 is 96.5 Å². The average molecular weight is 1460 g/mol. The number of rotatable bonds is 1. The van der Waals surface area contributed by atoms with Gasteiger partial charge in [0.05, 0.1) is 4.92 Å². The molecule has 4 aliphatic rings. The van der Waals surface area contributed by atoms with E-state index in [-0.39, 0.29) is 57.4 Å². The maximum atomic E-state index is 10.7. The first-order valence-electron chi connectivity index (χ1n) is 29.4. The number of halogens is 3. The number of nitrogens with zero attached hydrogens (tertiary/aromatic N) is 1. The minimum Gasteiger partial charge on any atom is -0.481 e. The molecule has 0 atom stereocenters. The molecule has 0 aromatic heterocycles. The molecule has 10 N–H and O–H groups in total. The number of nitro benzene ring substituents is 1. The van der Waals surface area contributed by atoms with Gasteiger partial charge in [0.1, 0.15) is 0 Å². The van der Waals surface area contributed by atoms with Crippen LogP contribution in [0.4, 0.5) is 11.4 Å². The second-order valence-electron chi connectivity index (χ2n) is 20.6. The summed E-state index contributed by atoms with van der Waals surface area (Å²) in [6, 6.07) is 80.7. The average Bonchev–Trinajstić information content (AvgIpc) is 0.867. The van der Waals surface area contributed by atoms with Gasteiger partial charge in [0.25, 0.3) is 11.7 Å². The number of aliphatic hydroxyl groups is 1. The van der Waals surface area contributed by atoms with Gasteiger partial charge in [-0.2, -0.15) is 0 Å². The van der Waals surface area contributed by atoms with E-state index < -0.39 is 5.97 Å². The van der Waals surface area contributed by atoms with Crippen LogP contribution in [0.25, 0.3) is 66.1 Å². The Bertz CT molecular complexity index is 3970. The molecule has 0 saturated heterocycles. The van der Waals surface area contributed by atoms with E-state index in [9.17, 15) is 10.1 Å². The molecule has 11 aromatic rings. The van der Waals surface area contributed by atoms with Gasteiger partial charge in [-0.05, 0) is 256 Å². The van der Waals surface area contributed by atoms with Crippen LogP contribution >= 0.6 is 57.6 Å². The molecule has 13 heteroatoms. The van der Waals surface area contributed by atoms with Gasteiger partial charge in [-0.1, -0.05) is 198 Å². The molecule has 0 amide bonds. The zero-order valence-corrected chi connectivity index (χ0v) is 53.9. The van der Waals surface area contributed by atoms with E-state index in [0.717, 1.165) is 49.4 Å². The second kappa shape index (κ2) is 38.0. The fourth-order valence-electron chi connectivity index (χ4n) is 11.3. The van der Waals surface area contributed by atoms with Crippen LogP contribution in [0.15, 0.2) is 231 Å². The van der Waals surface area contributed by atoms with E-state index in [1.807, 2.05) is 24.3 Å². The Morgan fingerprint density at radius 2 is 0.744 bits per heavy atom. The summed E-state index contributed by atoms with van der Waals surface area (Å²) in [6.45, 7) is 3.01. The van der Waals surface area contributed by atoms with Crippen molar-refractivity contribution in [2.24, 2.45) is 11.7 Å². The quantitative estimate of drug-likeness (QED) is 0.0266. The Kier molecular flexibility index (Phi) is 31.5. The van der Waals surface area contributed by atoms with Crippen molar-refractivity contribution in [3.05, 3.63) is 292 Å². The molecule has 0 bridgehead atoms. The summed E-state index contributed by atoms with van der Waals surface area (Å²) in [5.41, 5.74) is 28.9. The Morgan fingerprint density at radius 3 is 1.17 bits per heavy atom. The molecule has 0 fully saturated rings. The monoisotopic (exact) mass is 1450 g/mol. The lowest BCUT2D eigenvalue weighted by molar-refractivity contribution is -0.384. The third kappa shape index (κ3) is 19.8. The van der Waals surface area contributed by atoms with Crippen LogP contribution in [0.2, 0.25) is 0 Å². The highest BCUT2D eigenvalue weighted by molar-refractivity contribution is 14.1. The van der Waals surface area contributed by atoms with Crippen molar-refractivity contribution in [2.75, 3.05) is 12.3 Å². The number of nitro groups is 1. The predicted molar refractivity (Wildman–Crippen MR) is 403 cm³/mol. The molecule has 0 aliphatic heterocycles. The summed E-state index contributed by atoms with van der Waals surface area (Å²) in [5.74, 6) is 7.17. The molecule has 15 rings (SSSR count). The Balaban J connectivity index is 0.000000372. The Morgan fingerprint density at radius 1 is 0.456 bits per heavy atom. The maximum absolute atomic E-state index is 10.7. The van der Waals surface area contributed by atoms with Gasteiger partial charge in [-0.25, -0.2) is 0 Å². The summed E-state index contributed by atoms with van der Waals surface area (Å²) in [4.78, 5) is 19.4. The first kappa shape index (κ1) is 74.7. The van der Waals surface area contributed by atoms with E-state index in [4.69, 9.17) is 23.7 Å². The maximum Gasteiger partial charge on any atom is 0.300 e. The lowest BCUT2D eigenvalue weighted by atomic mass is 9.85. The Hall–Kier alpha value is -7.80. The molecule has 0 spiro atoms. The number of carbonyl (C=O) groups is 1. The number of carboxylic acids is 1. The standard InChI is InChI=1S/C14H11I.C14H9I.C14H11NO2.C14H13N.C14H12.C2H4O2.C2H6O.3CH4.ClH.H4N2.H2O.H2/c2*15-12-7-8-14-11(9-12)6-5-10-3-1-2-4-13(10)14;16-15(17)12-7-8-14-11(9-12)6-5-10-3-1-2-4-13(10)14;15-12-7-8-14-11(9-12)6-5-10-3-1-2-4-13(10)14;1-3-7-13-11(5-1)9-10-12-6-2-4-8-14(12)13;1-2(3)4;1-2-3;;;;;1-2;;/h1-4,7-9H,5-6H2;1-9H;1-4,7-9H,5-6H2;1-4,7-9H,5-6,15H2;1-8H,9-10H2;1H3,(H,3,4);3H,2H2,1H3;3*1H4;1H;1-2H2;1H2;1H/i;;;;;;;;;;;;;1+1D. The number of fused-ring (bicyclic) bond motifs is 15. The van der Waals surface area contributed by atoms with Crippen LogP contribution in [0, 0.1) is 17.3 Å². The number of nitrogen functional groups attached to an aromatic ring is 1. The smallest absolute Gasteiger partial charge is 0.300 e. The highest BCUT2D eigenvalue weighted by atomic mass is 127. The second-order valence-corrected chi connectivity index (χ2v) is 23.1. The fourth-order valence-corrected chi connectivity index (χ4v) is 12.4. The van der Waals surface area contributed by atoms with E-state index in [1.54, 1.807) is 19.1 Å². The van der Waals surface area contributed by atoms with E-state index in [1.165, 1.54) is 132 Å². The van der Waals surface area contributed by atoms with Crippen LogP contribution in [0.3, 0.4) is 0 Å². The molecule has 90 heavy (non-hydrogen) atoms. The van der Waals surface area contributed by atoms with Crippen molar-refractivity contribution in [1.29, 1.82) is 0 Å². The first-order chi connectivity index (χ1) is 42.4. The highest BCUT2D eigenvalue weighted by Crippen LogP contribution is 2.38. The third-order valence-electron chi connectivity index (χ3n) is 15.1. The fraction of sp³-hybridized carbons (Fsp3) is 0.182. The molecule has 0 heterocycles. The number of anilines is 1. The summed E-state index contributed by atoms with van der Waals surface area (Å²) < 4.78 is 12.6. The number of hydrogen-bond donors (Lipinski definition) is 5. The number of carboxylic acid groups (broad SMARTS) is 1. The molecule has 4 aliphatic carbocycles. The van der Waals surface area contributed by atoms with Gasteiger partial charge in [-0.15, -0.1) is 12.4 Å². The van der Waals surface area contributed by atoms with Gasteiger partial charge in [0.2, 0.25) is 0 Å². The number of aliphatic hydroxyl groups excluding tert-OH is 1. The van der Waals surface area contributed by atoms with Crippen LogP contribution in [0.5, 0.6) is 0 Å². The first-order valence-corrected chi connectivity index (χ1v) is 30.6. The molecule has 10 nitrogen and oxygen atoms in total. The van der Waals surface area contributed by atoms with Gasteiger partial charge in [-0.3, -0.25) is 26.6 Å². The lowest BCUT2D eigenvalue weighted by Gasteiger charge is -2.19. The minimum atomic E-state index is -0.833. The largest absolute Gasteiger partial charge is 0.481 e. The summed E-state index contributed by atoms with van der Waals surface area (Å²) >= 11 is 4.74. The molecule has 0 unspecified atom stereocenters. The number of hydrogen-bond acceptors (Lipinski definition) is 7. The number of non-ortho nitro benzene ring substituents is 1. The van der Waals surface area contributed by atoms with Crippen LogP contribution in [-0.4, -0.2) is 33.2 Å². The number of hydrazine groups is 1. The number of benzene rings is 11. The number of aliphatic carboxylic acids is 1. The van der Waals surface area contributed by atoms with E-state index in [2.05, 4.69) is 251 Å². The van der Waals surface area contributed by atoms with Crippen LogP contribution < -0.4 is 17.4 Å². The van der Waals surface area contributed by atoms with Crippen molar-refractivity contribution in [1.82, 2.24) is 0 Å². The number of nitrogens with two attached hydrogens (primary N) is 3. The van der Waals surface area contributed by atoms with Crippen molar-refractivity contribution in [2.45, 2.75) is 87.5 Å². The van der Waals surface area contributed by atoms with Crippen LogP contribution in [0.1, 0.15) is 83.6 Å². The van der Waals surface area contributed by atoms with Gasteiger partial charge in [0.15, 0.2) is 0 Å².